The zero-order valence-corrected chi connectivity index (χ0v) is 71.7. The molecule has 0 bridgehead atoms. The average Bonchev–Trinajstić information content (AvgIpc) is 1.64. The van der Waals surface area contributed by atoms with Crippen LogP contribution in [-0.2, 0) is 41.8 Å². The summed E-state index contributed by atoms with van der Waals surface area (Å²) in [5.74, 6) is 1.77. The van der Waals surface area contributed by atoms with Gasteiger partial charge in [0.05, 0.1) is 124 Å². The summed E-state index contributed by atoms with van der Waals surface area (Å²) in [6.07, 6.45) is 27.1. The Balaban J connectivity index is 0.000000144. The number of imidazole rings is 4. The molecule has 16 rings (SSSR count). The van der Waals surface area contributed by atoms with Gasteiger partial charge in [0, 0.05) is 118 Å². The fourth-order valence-electron chi connectivity index (χ4n) is 13.6. The molecule has 12 aromatic heterocycles. The number of methoxy groups -OCH3 is 4. The van der Waals surface area contributed by atoms with Crippen LogP contribution in [0.5, 0.6) is 23.5 Å². The number of rotatable bonds is 30. The molecular formula is C90H96N28O8. The van der Waals surface area contributed by atoms with Gasteiger partial charge in [-0.15, -0.1) is 20.4 Å². The van der Waals surface area contributed by atoms with Crippen molar-refractivity contribution in [1.82, 2.24) is 96.0 Å². The van der Waals surface area contributed by atoms with Crippen LogP contribution in [0.25, 0.3) is 66.9 Å². The normalized spacial score (nSPS) is 10.9. The second-order valence-corrected chi connectivity index (χ2v) is 28.7. The van der Waals surface area contributed by atoms with Crippen molar-refractivity contribution in [3.8, 4) is 46.3 Å². The number of hydrogen-bond acceptors (Lipinski definition) is 24. The smallest absolute Gasteiger partial charge is 0.281 e. The number of allylic oxidation sites excluding steroid dienone is 4. The molecule has 0 unspecified atom stereocenters. The largest absolute Gasteiger partial charge is 0.478 e. The Morgan fingerprint density at radius 1 is 0.397 bits per heavy atom. The van der Waals surface area contributed by atoms with Gasteiger partial charge >= 0.3 is 0 Å². The van der Waals surface area contributed by atoms with E-state index in [0.717, 1.165) is 22.7 Å². The van der Waals surface area contributed by atoms with Gasteiger partial charge in [-0.1, -0.05) is 76.9 Å². The first-order valence-corrected chi connectivity index (χ1v) is 39.2. The Bertz CT molecular complexity index is 7140. The average molecular weight is 1700 g/mol. The number of aromatic nitrogens is 20. The number of fused-ring (bicyclic) bond motifs is 4. The number of benzene rings is 4. The third-order valence-corrected chi connectivity index (χ3v) is 19.6. The highest BCUT2D eigenvalue weighted by Gasteiger charge is 2.24. The second kappa shape index (κ2) is 37.7. The molecule has 0 spiro atoms. The number of nitrogens with one attached hydrogen (secondary N) is 9. The minimum absolute atomic E-state index is 0.0586. The monoisotopic (exact) mass is 1700 g/mol. The standard InChI is InChI=1S/C24H27N7O2.C23H25N7O2.C22H23N7O2.C21H21N7O2/c1-7-16(4)26-17-9-8-10-18(11-17)30-13-19(27-20-12-29(5)28-23(20)33-6)21-22(24(30)32)31(14-25-21)15(2)3;1-6-15(3)25-16-9-8-10-17(11-16)30-13-18(26-19-12-28(4)27-22(19)32-5)20-21(23(30)31)29(7-2)14-24-20;1-6-14(2)24-15-8-7-9-16(10-15)29-12-17(19-20(22(29)30)27(3)13-23-19)25-18-11-28(4)26-21(18)31-5;1-5-13(2)24-14-7-6-8-15(9-14)28-11-16(18-19(21(28)29)23-12-22-18)25-17-10-27(3)26-20(17)30-4/h7-15,26-27H,1,4H2,2-3,5-6H3;6,8-14,25-26H,1,3,7H2,2,4-5H3;6-13,24-25H,1-2H2,3-5H3;5-12,24-25H,1-2H2,3-4H3,(H,22,23). The third kappa shape index (κ3) is 18.6. The van der Waals surface area contributed by atoms with Gasteiger partial charge in [-0.05, 0) is 118 Å². The molecule has 0 amide bonds. The van der Waals surface area contributed by atoms with E-state index in [1.54, 1.807) is 172 Å². The molecule has 16 aromatic rings. The molecule has 0 saturated carbocycles. The summed E-state index contributed by atoms with van der Waals surface area (Å²) in [7, 11) is 15.3. The lowest BCUT2D eigenvalue weighted by Crippen LogP contribution is -2.21. The summed E-state index contributed by atoms with van der Waals surface area (Å²) in [6.45, 7) is 37.0. The van der Waals surface area contributed by atoms with Gasteiger partial charge in [0.25, 0.3) is 45.8 Å². The first-order valence-electron chi connectivity index (χ1n) is 39.2. The Morgan fingerprint density at radius 3 is 1.05 bits per heavy atom. The Kier molecular flexibility index (Phi) is 26.0. The molecule has 0 aliphatic heterocycles. The number of nitrogens with zero attached hydrogens (tertiary/aromatic N) is 19. The van der Waals surface area contributed by atoms with Crippen LogP contribution in [0.4, 0.5) is 68.2 Å². The molecule has 126 heavy (non-hydrogen) atoms. The van der Waals surface area contributed by atoms with E-state index in [-0.39, 0.29) is 28.3 Å². The van der Waals surface area contributed by atoms with E-state index in [1.165, 1.54) is 6.33 Å². The molecule has 12 heterocycles. The molecule has 36 nitrogen and oxygen atoms in total. The molecule has 9 N–H and O–H groups in total. The van der Waals surface area contributed by atoms with Crippen molar-refractivity contribution in [2.45, 2.75) is 33.4 Å². The number of aromatic amines is 1. The fourth-order valence-corrected chi connectivity index (χ4v) is 13.6. The SMILES string of the molecule is C=CC(=C)Nc1cccc(-n2cc(Nc3cn(C)nc3OC)c3nc[nH]c3c2=O)c1.C=CC(=C)Nc1cccc(-n2cc(Nc3cn(C)nc3OC)c3ncn(C(C)C)c3c2=O)c1.C=CC(=C)Nc1cccc(-n2cc(Nc3cn(C)nc3OC)c3ncn(C)c3c2=O)c1.C=CC(=C)Nc1cccc(-n2cc(Nc3cn(C)nc3OC)c3ncn(CC)c3c2=O)c1. The summed E-state index contributed by atoms with van der Waals surface area (Å²) in [6, 6.07) is 30.1. The van der Waals surface area contributed by atoms with Gasteiger partial charge in [-0.3, -0.25) is 56.2 Å². The second-order valence-electron chi connectivity index (χ2n) is 28.7. The van der Waals surface area contributed by atoms with Crippen molar-refractivity contribution >= 4 is 112 Å². The van der Waals surface area contributed by atoms with Crippen molar-refractivity contribution in [1.29, 1.82) is 0 Å². The van der Waals surface area contributed by atoms with Crippen LogP contribution in [0.15, 0.2) is 291 Å². The van der Waals surface area contributed by atoms with Crippen LogP contribution in [0.2, 0.25) is 0 Å². The van der Waals surface area contributed by atoms with E-state index in [4.69, 9.17) is 18.9 Å². The van der Waals surface area contributed by atoms with Crippen molar-refractivity contribution in [3.63, 3.8) is 0 Å². The summed E-state index contributed by atoms with van der Waals surface area (Å²) >= 11 is 0. The lowest BCUT2D eigenvalue weighted by atomic mass is 10.2. The topological polar surface area (TPSA) is 375 Å². The summed E-state index contributed by atoms with van der Waals surface area (Å²) in [5, 5.41) is 43.0. The molecule has 4 aromatic carbocycles. The zero-order valence-electron chi connectivity index (χ0n) is 71.7. The van der Waals surface area contributed by atoms with Crippen molar-refractivity contribution in [2.75, 3.05) is 71.0 Å². The summed E-state index contributed by atoms with van der Waals surface area (Å²) in [5.41, 5.74) is 17.2. The van der Waals surface area contributed by atoms with Gasteiger partial charge in [0.15, 0.2) is 0 Å². The first kappa shape index (κ1) is 86.8. The maximum atomic E-state index is 13.6. The van der Waals surface area contributed by atoms with Crippen LogP contribution in [-0.4, -0.2) is 124 Å². The maximum absolute atomic E-state index is 13.6. The maximum Gasteiger partial charge on any atom is 0.281 e. The van der Waals surface area contributed by atoms with Crippen molar-refractivity contribution in [3.05, 3.63) is 313 Å². The molecule has 644 valence electrons. The zero-order chi connectivity index (χ0) is 89.9. The number of anilines is 12. The highest BCUT2D eigenvalue weighted by atomic mass is 16.5. The van der Waals surface area contributed by atoms with Crippen molar-refractivity contribution < 1.29 is 18.9 Å². The van der Waals surface area contributed by atoms with Crippen LogP contribution < -0.4 is 83.7 Å². The number of aryl methyl sites for hydroxylation is 6. The molecule has 0 saturated heterocycles. The van der Waals surface area contributed by atoms with Crippen LogP contribution in [0, 0.1) is 0 Å². The van der Waals surface area contributed by atoms with E-state index in [0.29, 0.717) is 165 Å². The number of pyridine rings is 4. The summed E-state index contributed by atoms with van der Waals surface area (Å²) in [4.78, 5) is 74.2. The highest BCUT2D eigenvalue weighted by molar-refractivity contribution is 5.94. The number of hydrogen-bond donors (Lipinski definition) is 9. The molecule has 0 atom stereocenters. The predicted octanol–water partition coefficient (Wildman–Crippen LogP) is 14.8. The molecule has 36 heteroatoms. The van der Waals surface area contributed by atoms with Crippen LogP contribution in [0.1, 0.15) is 26.8 Å². The number of H-pyrrole nitrogens is 1. The van der Waals surface area contributed by atoms with E-state index in [2.05, 4.69) is 140 Å². The van der Waals surface area contributed by atoms with E-state index in [9.17, 15) is 19.2 Å². The fraction of sp³-hybridized carbons (Fsp3) is 0.156. The lowest BCUT2D eigenvalue weighted by molar-refractivity contribution is 0.393. The third-order valence-electron chi connectivity index (χ3n) is 19.6. The highest BCUT2D eigenvalue weighted by Crippen LogP contribution is 2.36. The van der Waals surface area contributed by atoms with Crippen LogP contribution in [0.3, 0.4) is 0 Å². The Morgan fingerprint density at radius 2 is 0.706 bits per heavy atom. The van der Waals surface area contributed by atoms with E-state index < -0.39 is 0 Å². The van der Waals surface area contributed by atoms with Crippen molar-refractivity contribution in [2.24, 2.45) is 35.2 Å². The van der Waals surface area contributed by atoms with Gasteiger partial charge in [0.1, 0.15) is 66.9 Å². The Labute approximate surface area is 722 Å². The van der Waals surface area contributed by atoms with Crippen LogP contribution >= 0.6 is 0 Å². The van der Waals surface area contributed by atoms with E-state index >= 15 is 0 Å². The number of ether oxygens (including phenoxy) is 4. The minimum Gasteiger partial charge on any atom is -0.478 e. The van der Waals surface area contributed by atoms with Gasteiger partial charge in [0.2, 0.25) is 0 Å². The minimum atomic E-state index is -0.217. The molecule has 0 aliphatic carbocycles. The molecule has 0 radical (unpaired) electrons. The van der Waals surface area contributed by atoms with Gasteiger partial charge in [-0.2, -0.15) is 0 Å². The van der Waals surface area contributed by atoms with Gasteiger partial charge < -0.3 is 80.2 Å². The molecule has 0 fully saturated rings. The molecule has 0 aliphatic rings. The summed E-state index contributed by atoms with van der Waals surface area (Å²) < 4.78 is 39.8. The predicted molar refractivity (Wildman–Crippen MR) is 499 cm³/mol. The quantitative estimate of drug-likeness (QED) is 0.0189. The molecular weight excluding hydrogens is 1600 g/mol. The lowest BCUT2D eigenvalue weighted by Gasteiger charge is -2.15. The Hall–Kier alpha value is -17.1. The van der Waals surface area contributed by atoms with E-state index in [1.807, 2.05) is 153 Å². The first-order chi connectivity index (χ1) is 60.7. The van der Waals surface area contributed by atoms with Gasteiger partial charge in [-0.25, -0.2) is 19.9 Å².